The number of nitro benzene ring substituents is 1. The molecule has 0 unspecified atom stereocenters. The molecule has 0 saturated heterocycles. The van der Waals surface area contributed by atoms with Crippen LogP contribution in [0.4, 0.5) is 11.4 Å². The van der Waals surface area contributed by atoms with E-state index in [0.29, 0.717) is 22.9 Å². The van der Waals surface area contributed by atoms with Crippen LogP contribution in [0.1, 0.15) is 6.92 Å². The van der Waals surface area contributed by atoms with Gasteiger partial charge in [0.25, 0.3) is 11.6 Å². The van der Waals surface area contributed by atoms with Crippen LogP contribution in [0.25, 0.3) is 0 Å². The highest BCUT2D eigenvalue weighted by Gasteiger charge is 2.18. The minimum absolute atomic E-state index is 0.0418. The van der Waals surface area contributed by atoms with Gasteiger partial charge in [-0.05, 0) is 31.2 Å². The fourth-order valence-electron chi connectivity index (χ4n) is 2.12. The first-order valence-corrected chi connectivity index (χ1v) is 7.14. The number of rotatable bonds is 5. The lowest BCUT2D eigenvalue weighted by Crippen LogP contribution is -2.30. The summed E-state index contributed by atoms with van der Waals surface area (Å²) in [5.41, 5.74) is 0.517. The molecule has 3 rings (SSSR count). The van der Waals surface area contributed by atoms with Crippen molar-refractivity contribution in [2.45, 2.75) is 13.0 Å². The Morgan fingerprint density at radius 1 is 1.21 bits per heavy atom. The topological polar surface area (TPSA) is 99.9 Å². The Morgan fingerprint density at radius 2 is 1.92 bits per heavy atom. The molecule has 1 aliphatic rings. The Kier molecular flexibility index (Phi) is 4.19. The lowest BCUT2D eigenvalue weighted by atomic mass is 10.2. The minimum Gasteiger partial charge on any atom is -0.481 e. The molecule has 1 aliphatic heterocycles. The van der Waals surface area contributed by atoms with Gasteiger partial charge >= 0.3 is 0 Å². The van der Waals surface area contributed by atoms with E-state index >= 15 is 0 Å². The molecular formula is C16H14N2O6. The molecule has 2 aromatic carbocycles. The Labute approximate surface area is 137 Å². The van der Waals surface area contributed by atoms with Crippen molar-refractivity contribution in [2.75, 3.05) is 12.1 Å². The molecule has 24 heavy (non-hydrogen) atoms. The van der Waals surface area contributed by atoms with E-state index in [1.165, 1.54) is 24.3 Å². The van der Waals surface area contributed by atoms with E-state index in [1.807, 2.05) is 0 Å². The molecule has 0 bridgehead atoms. The maximum Gasteiger partial charge on any atom is 0.269 e. The number of anilines is 1. The standard InChI is InChI=1S/C16H14N2O6/c1-10(24-13-5-3-12(4-6-13)18(20)21)16(19)17-11-2-7-14-15(8-11)23-9-22-14/h2-8,10H,9H2,1H3,(H,17,19)/t10-/m0/s1. The van der Waals surface area contributed by atoms with Crippen LogP contribution in [0, 0.1) is 10.1 Å². The molecule has 1 atom stereocenters. The van der Waals surface area contributed by atoms with Crippen LogP contribution in [0.15, 0.2) is 42.5 Å². The fraction of sp³-hybridized carbons (Fsp3) is 0.188. The molecule has 1 N–H and O–H groups in total. The number of non-ortho nitro benzene ring substituents is 1. The SMILES string of the molecule is C[C@H](Oc1ccc([N+](=O)[O-])cc1)C(=O)Nc1ccc2c(c1)OCO2. The van der Waals surface area contributed by atoms with Crippen molar-refractivity contribution in [3.63, 3.8) is 0 Å². The molecule has 1 amide bonds. The van der Waals surface area contributed by atoms with Gasteiger partial charge in [0.15, 0.2) is 17.6 Å². The van der Waals surface area contributed by atoms with E-state index in [-0.39, 0.29) is 18.4 Å². The van der Waals surface area contributed by atoms with E-state index in [4.69, 9.17) is 14.2 Å². The molecule has 0 spiro atoms. The molecule has 124 valence electrons. The number of fused-ring (bicyclic) bond motifs is 1. The molecule has 0 aromatic heterocycles. The molecular weight excluding hydrogens is 316 g/mol. The van der Waals surface area contributed by atoms with Gasteiger partial charge in [0.1, 0.15) is 5.75 Å². The van der Waals surface area contributed by atoms with Gasteiger partial charge < -0.3 is 19.5 Å². The van der Waals surface area contributed by atoms with Gasteiger partial charge in [-0.25, -0.2) is 0 Å². The van der Waals surface area contributed by atoms with E-state index in [2.05, 4.69) is 5.32 Å². The number of benzene rings is 2. The summed E-state index contributed by atoms with van der Waals surface area (Å²) in [6.45, 7) is 1.75. The third kappa shape index (κ3) is 3.37. The summed E-state index contributed by atoms with van der Waals surface area (Å²) in [5, 5.41) is 13.3. The lowest BCUT2D eigenvalue weighted by Gasteiger charge is -2.14. The zero-order chi connectivity index (χ0) is 17.1. The molecule has 0 saturated carbocycles. The van der Waals surface area contributed by atoms with Crippen molar-refractivity contribution in [3.05, 3.63) is 52.6 Å². The molecule has 0 aliphatic carbocycles. The number of carbonyl (C=O) groups excluding carboxylic acids is 1. The highest BCUT2D eigenvalue weighted by atomic mass is 16.7. The highest BCUT2D eigenvalue weighted by molar-refractivity contribution is 5.94. The number of hydrogen-bond donors (Lipinski definition) is 1. The Hall–Kier alpha value is -3.29. The van der Waals surface area contributed by atoms with Crippen molar-refractivity contribution < 1.29 is 23.9 Å². The summed E-state index contributed by atoms with van der Waals surface area (Å²) in [5.74, 6) is 1.21. The second kappa shape index (κ2) is 6.45. The number of carbonyl (C=O) groups is 1. The number of hydrogen-bond acceptors (Lipinski definition) is 6. The summed E-state index contributed by atoms with van der Waals surface area (Å²) in [7, 11) is 0. The maximum atomic E-state index is 12.2. The number of nitro groups is 1. The second-order valence-corrected chi connectivity index (χ2v) is 5.07. The summed E-state index contributed by atoms with van der Waals surface area (Å²) in [6.07, 6.45) is -0.781. The Bertz CT molecular complexity index is 775. The first-order chi connectivity index (χ1) is 11.5. The van der Waals surface area contributed by atoms with Crippen LogP contribution in [0.2, 0.25) is 0 Å². The number of nitrogens with zero attached hydrogens (tertiary/aromatic N) is 1. The van der Waals surface area contributed by atoms with Crippen LogP contribution in [0.3, 0.4) is 0 Å². The molecule has 1 heterocycles. The van der Waals surface area contributed by atoms with Crippen molar-refractivity contribution in [1.29, 1.82) is 0 Å². The highest BCUT2D eigenvalue weighted by Crippen LogP contribution is 2.34. The third-order valence-electron chi connectivity index (χ3n) is 3.37. The summed E-state index contributed by atoms with van der Waals surface area (Å²) >= 11 is 0. The van der Waals surface area contributed by atoms with Gasteiger partial charge in [-0.1, -0.05) is 0 Å². The van der Waals surface area contributed by atoms with Gasteiger partial charge in [0.2, 0.25) is 6.79 Å². The monoisotopic (exact) mass is 330 g/mol. The summed E-state index contributed by atoms with van der Waals surface area (Å²) in [4.78, 5) is 22.3. The van der Waals surface area contributed by atoms with Crippen LogP contribution in [-0.2, 0) is 4.79 Å². The first kappa shape index (κ1) is 15.6. The Morgan fingerprint density at radius 3 is 2.62 bits per heavy atom. The van der Waals surface area contributed by atoms with Crippen molar-refractivity contribution in [3.8, 4) is 17.2 Å². The maximum absolute atomic E-state index is 12.2. The zero-order valence-electron chi connectivity index (χ0n) is 12.7. The van der Waals surface area contributed by atoms with Gasteiger partial charge in [0.05, 0.1) is 4.92 Å². The smallest absolute Gasteiger partial charge is 0.269 e. The fourth-order valence-corrected chi connectivity index (χ4v) is 2.12. The minimum atomic E-state index is -0.781. The second-order valence-electron chi connectivity index (χ2n) is 5.07. The predicted octanol–water partition coefficient (Wildman–Crippen LogP) is 2.73. The average molecular weight is 330 g/mol. The van der Waals surface area contributed by atoms with Crippen molar-refractivity contribution >= 4 is 17.3 Å². The van der Waals surface area contributed by atoms with Crippen LogP contribution < -0.4 is 19.5 Å². The van der Waals surface area contributed by atoms with Gasteiger partial charge in [0, 0.05) is 23.9 Å². The lowest BCUT2D eigenvalue weighted by molar-refractivity contribution is -0.384. The van der Waals surface area contributed by atoms with Gasteiger partial charge in [-0.2, -0.15) is 0 Å². The number of ether oxygens (including phenoxy) is 3. The first-order valence-electron chi connectivity index (χ1n) is 7.14. The molecule has 0 fully saturated rings. The summed E-state index contributed by atoms with van der Waals surface area (Å²) < 4.78 is 15.9. The van der Waals surface area contributed by atoms with Gasteiger partial charge in [-0.15, -0.1) is 0 Å². The molecule has 2 aromatic rings. The summed E-state index contributed by atoms with van der Waals surface area (Å²) in [6, 6.07) is 10.6. The third-order valence-corrected chi connectivity index (χ3v) is 3.37. The molecule has 8 heteroatoms. The van der Waals surface area contributed by atoms with Crippen molar-refractivity contribution in [1.82, 2.24) is 0 Å². The van der Waals surface area contributed by atoms with E-state index < -0.39 is 11.0 Å². The zero-order valence-corrected chi connectivity index (χ0v) is 12.7. The quantitative estimate of drug-likeness (QED) is 0.668. The van der Waals surface area contributed by atoms with Crippen LogP contribution >= 0.6 is 0 Å². The number of amides is 1. The molecule has 8 nitrogen and oxygen atoms in total. The normalized spacial score (nSPS) is 13.2. The van der Waals surface area contributed by atoms with Crippen molar-refractivity contribution in [2.24, 2.45) is 0 Å². The molecule has 0 radical (unpaired) electrons. The van der Waals surface area contributed by atoms with E-state index in [0.717, 1.165) is 0 Å². The van der Waals surface area contributed by atoms with Crippen LogP contribution in [0.5, 0.6) is 17.2 Å². The van der Waals surface area contributed by atoms with Crippen LogP contribution in [-0.4, -0.2) is 23.7 Å². The Balaban J connectivity index is 1.61. The number of nitrogens with one attached hydrogen (secondary N) is 1. The predicted molar refractivity (Wildman–Crippen MR) is 84.4 cm³/mol. The largest absolute Gasteiger partial charge is 0.481 e. The van der Waals surface area contributed by atoms with E-state index in [1.54, 1.807) is 25.1 Å². The van der Waals surface area contributed by atoms with E-state index in [9.17, 15) is 14.9 Å². The van der Waals surface area contributed by atoms with Gasteiger partial charge in [-0.3, -0.25) is 14.9 Å². The average Bonchev–Trinajstić information content (AvgIpc) is 3.03.